The maximum absolute atomic E-state index is 13.1. The molecule has 0 saturated heterocycles. The van der Waals surface area contributed by atoms with Crippen LogP contribution >= 0.6 is 0 Å². The number of ether oxygens (including phenoxy) is 1. The summed E-state index contributed by atoms with van der Waals surface area (Å²) >= 11 is 0. The van der Waals surface area contributed by atoms with Gasteiger partial charge in [0.25, 0.3) is 5.56 Å². The molecule has 0 fully saturated rings. The molecule has 0 saturated carbocycles. The van der Waals surface area contributed by atoms with Crippen LogP contribution in [0.25, 0.3) is 10.8 Å². The third-order valence-electron chi connectivity index (χ3n) is 4.98. The number of aliphatic hydroxyl groups excluding tert-OH is 1. The van der Waals surface area contributed by atoms with Gasteiger partial charge in [-0.15, -0.1) is 0 Å². The van der Waals surface area contributed by atoms with Gasteiger partial charge >= 0.3 is 0 Å². The van der Waals surface area contributed by atoms with Crippen LogP contribution in [0.15, 0.2) is 59.5 Å². The van der Waals surface area contributed by atoms with Crippen LogP contribution in [-0.4, -0.2) is 21.4 Å². The Morgan fingerprint density at radius 2 is 1.96 bits per heavy atom. The number of pyridine rings is 1. The third kappa shape index (κ3) is 2.39. The van der Waals surface area contributed by atoms with Crippen LogP contribution in [-0.2, 0) is 0 Å². The number of aromatic nitrogens is 1. The highest BCUT2D eigenvalue weighted by molar-refractivity contribution is 5.81. The van der Waals surface area contributed by atoms with Gasteiger partial charge < -0.3 is 14.4 Å². The molecular weight excluding hydrogens is 328 g/mol. The van der Waals surface area contributed by atoms with Crippen LogP contribution in [0.4, 0.5) is 0 Å². The molecule has 0 radical (unpaired) electrons. The summed E-state index contributed by atoms with van der Waals surface area (Å²) in [6.45, 7) is 3.58. The smallest absolute Gasteiger partial charge is 0.259 e. The fraction of sp³-hybridized carbons (Fsp3) is 0.238. The van der Waals surface area contributed by atoms with Crippen LogP contribution in [0, 0.1) is 11.3 Å². The summed E-state index contributed by atoms with van der Waals surface area (Å²) in [7, 11) is 0. The summed E-state index contributed by atoms with van der Waals surface area (Å²) in [4.78, 5) is 13.1. The van der Waals surface area contributed by atoms with E-state index in [1.165, 1.54) is 4.57 Å². The maximum atomic E-state index is 13.1. The van der Waals surface area contributed by atoms with Crippen molar-refractivity contribution in [2.24, 2.45) is 0 Å². The average molecular weight is 346 g/mol. The lowest BCUT2D eigenvalue weighted by atomic mass is 9.85. The molecule has 1 N–H and O–H groups in total. The molecule has 5 nitrogen and oxygen atoms in total. The Labute approximate surface area is 150 Å². The predicted octanol–water partition coefficient (Wildman–Crippen LogP) is 2.99. The van der Waals surface area contributed by atoms with E-state index in [9.17, 15) is 15.2 Å². The molecule has 1 aliphatic heterocycles. The molecule has 130 valence electrons. The number of aliphatic hydroxyl groups is 1. The summed E-state index contributed by atoms with van der Waals surface area (Å²) < 4.78 is 7.47. The molecule has 0 bridgehead atoms. The first-order valence-electron chi connectivity index (χ1n) is 8.43. The van der Waals surface area contributed by atoms with Crippen molar-refractivity contribution >= 4 is 10.8 Å². The molecular formula is C21H18N2O3. The first-order valence-corrected chi connectivity index (χ1v) is 8.43. The molecule has 5 heteroatoms. The number of hydrogen-bond acceptors (Lipinski definition) is 4. The van der Waals surface area contributed by atoms with Gasteiger partial charge in [-0.1, -0.05) is 18.2 Å². The molecule has 1 aromatic heterocycles. The Bertz CT molecular complexity index is 1110. The number of fused-ring (bicyclic) bond motifs is 2. The Morgan fingerprint density at radius 1 is 1.19 bits per heavy atom. The Kier molecular flexibility index (Phi) is 3.60. The van der Waals surface area contributed by atoms with Crippen LogP contribution in [0.3, 0.4) is 0 Å². The van der Waals surface area contributed by atoms with E-state index in [4.69, 9.17) is 4.74 Å². The summed E-state index contributed by atoms with van der Waals surface area (Å²) in [6, 6.07) is 15.8. The van der Waals surface area contributed by atoms with Gasteiger partial charge in [0, 0.05) is 17.1 Å². The predicted molar refractivity (Wildman–Crippen MR) is 98.2 cm³/mol. The highest BCUT2D eigenvalue weighted by Crippen LogP contribution is 2.41. The molecule has 2 atom stereocenters. The maximum Gasteiger partial charge on any atom is 0.259 e. The molecule has 0 spiro atoms. The first kappa shape index (κ1) is 16.4. The number of rotatable bonds is 1. The minimum atomic E-state index is -0.956. The van der Waals surface area contributed by atoms with E-state index >= 15 is 0 Å². The molecule has 2 unspecified atom stereocenters. The number of nitriles is 1. The van der Waals surface area contributed by atoms with Gasteiger partial charge in [0.2, 0.25) is 0 Å². The van der Waals surface area contributed by atoms with Crippen LogP contribution in [0.2, 0.25) is 0 Å². The lowest BCUT2D eigenvalue weighted by Crippen LogP contribution is -2.52. The zero-order valence-corrected chi connectivity index (χ0v) is 14.5. The normalized spacial score (nSPS) is 20.8. The van der Waals surface area contributed by atoms with Crippen molar-refractivity contribution in [2.45, 2.75) is 31.6 Å². The second-order valence-corrected chi connectivity index (χ2v) is 7.08. The monoisotopic (exact) mass is 346 g/mol. The lowest BCUT2D eigenvalue weighted by molar-refractivity contribution is -0.0642. The van der Waals surface area contributed by atoms with Crippen LogP contribution in [0.5, 0.6) is 5.75 Å². The van der Waals surface area contributed by atoms with Crippen molar-refractivity contribution in [3.63, 3.8) is 0 Å². The SMILES string of the molecule is CC1(C)Oc2ccc(C#N)cc2C(n2ccc3ccccc3c2=O)C1O. The Balaban J connectivity index is 2.00. The van der Waals surface area contributed by atoms with Crippen molar-refractivity contribution in [1.29, 1.82) is 5.26 Å². The number of nitrogens with zero attached hydrogens (tertiary/aromatic N) is 2. The zero-order valence-electron chi connectivity index (χ0n) is 14.5. The topological polar surface area (TPSA) is 75.2 Å². The molecule has 3 aromatic rings. The Morgan fingerprint density at radius 3 is 2.73 bits per heavy atom. The third-order valence-corrected chi connectivity index (χ3v) is 4.98. The molecule has 2 heterocycles. The summed E-state index contributed by atoms with van der Waals surface area (Å²) in [5, 5.41) is 21.7. The molecule has 2 aromatic carbocycles. The van der Waals surface area contributed by atoms with Gasteiger partial charge in [0.1, 0.15) is 17.5 Å². The average Bonchev–Trinajstić information content (AvgIpc) is 2.64. The zero-order chi connectivity index (χ0) is 18.5. The summed E-state index contributed by atoms with van der Waals surface area (Å²) in [6.07, 6.45) is 0.741. The minimum absolute atomic E-state index is 0.182. The van der Waals surface area contributed by atoms with Gasteiger partial charge in [-0.25, -0.2) is 0 Å². The highest BCUT2D eigenvalue weighted by Gasteiger charge is 2.44. The van der Waals surface area contributed by atoms with Crippen molar-refractivity contribution < 1.29 is 9.84 Å². The molecule has 0 aliphatic carbocycles. The van der Waals surface area contributed by atoms with Crippen LogP contribution < -0.4 is 10.3 Å². The van der Waals surface area contributed by atoms with Crippen molar-refractivity contribution in [2.75, 3.05) is 0 Å². The minimum Gasteiger partial charge on any atom is -0.485 e. The number of hydrogen-bond donors (Lipinski definition) is 1. The van der Waals surface area contributed by atoms with E-state index in [0.29, 0.717) is 22.3 Å². The van der Waals surface area contributed by atoms with E-state index in [0.717, 1.165) is 5.39 Å². The van der Waals surface area contributed by atoms with Gasteiger partial charge in [-0.05, 0) is 49.6 Å². The second kappa shape index (κ2) is 5.72. The fourth-order valence-electron chi connectivity index (χ4n) is 3.56. The van der Waals surface area contributed by atoms with Gasteiger partial charge in [-0.3, -0.25) is 4.79 Å². The van der Waals surface area contributed by atoms with Crippen LogP contribution in [0.1, 0.15) is 31.0 Å². The van der Waals surface area contributed by atoms with E-state index in [2.05, 4.69) is 6.07 Å². The highest BCUT2D eigenvalue weighted by atomic mass is 16.5. The van der Waals surface area contributed by atoms with Gasteiger partial charge in [-0.2, -0.15) is 5.26 Å². The quantitative estimate of drug-likeness (QED) is 0.735. The Hall–Kier alpha value is -3.10. The fourth-order valence-corrected chi connectivity index (χ4v) is 3.56. The van der Waals surface area contributed by atoms with Crippen molar-refractivity contribution in [3.8, 4) is 11.8 Å². The molecule has 0 amide bonds. The standard InChI is InChI=1S/C21H18N2O3/c1-21(2)19(24)18(16-11-13(12-22)7-8-17(16)26-21)23-10-9-14-5-3-4-6-15(14)20(23)25/h3-11,18-19,24H,1-2H3. The van der Waals surface area contributed by atoms with Crippen molar-refractivity contribution in [3.05, 3.63) is 76.2 Å². The summed E-state index contributed by atoms with van der Waals surface area (Å²) in [5.74, 6) is 0.573. The van der Waals surface area contributed by atoms with Gasteiger partial charge in [0.15, 0.2) is 0 Å². The van der Waals surface area contributed by atoms with Crippen molar-refractivity contribution in [1.82, 2.24) is 4.57 Å². The largest absolute Gasteiger partial charge is 0.485 e. The van der Waals surface area contributed by atoms with E-state index in [1.54, 1.807) is 44.3 Å². The first-order chi connectivity index (χ1) is 12.4. The lowest BCUT2D eigenvalue weighted by Gasteiger charge is -2.42. The van der Waals surface area contributed by atoms with E-state index in [-0.39, 0.29) is 5.56 Å². The molecule has 26 heavy (non-hydrogen) atoms. The van der Waals surface area contributed by atoms with Gasteiger partial charge in [0.05, 0.1) is 17.7 Å². The summed E-state index contributed by atoms with van der Waals surface area (Å²) in [5.41, 5.74) is 0.0289. The molecule has 1 aliphatic rings. The number of benzene rings is 2. The van der Waals surface area contributed by atoms with E-state index < -0.39 is 17.7 Å². The molecule has 4 rings (SSSR count). The van der Waals surface area contributed by atoms with E-state index in [1.807, 2.05) is 24.3 Å². The second-order valence-electron chi connectivity index (χ2n) is 7.08.